The second-order valence-electron chi connectivity index (χ2n) is 8.60. The van der Waals surface area contributed by atoms with Gasteiger partial charge in [0, 0.05) is 24.2 Å². The molecule has 0 spiro atoms. The van der Waals surface area contributed by atoms with E-state index in [1.54, 1.807) is 0 Å². The summed E-state index contributed by atoms with van der Waals surface area (Å²) in [5.74, 6) is 0.661. The summed E-state index contributed by atoms with van der Waals surface area (Å²) in [4.78, 5) is 15.7. The molecule has 5 atom stereocenters. The van der Waals surface area contributed by atoms with Crippen LogP contribution in [-0.2, 0) is 4.79 Å². The van der Waals surface area contributed by atoms with Gasteiger partial charge in [-0.15, -0.1) is 24.8 Å². The van der Waals surface area contributed by atoms with Gasteiger partial charge < -0.3 is 16.0 Å². The van der Waals surface area contributed by atoms with Crippen molar-refractivity contribution in [3.05, 3.63) is 65.7 Å². The number of carbonyl (C=O) groups excluding carboxylic acids is 1. The molecule has 2 aromatic rings. The van der Waals surface area contributed by atoms with E-state index in [1.807, 2.05) is 0 Å². The predicted octanol–water partition coefficient (Wildman–Crippen LogP) is 5.10. The number of halogens is 2. The molecule has 1 saturated carbocycles. The summed E-state index contributed by atoms with van der Waals surface area (Å²) in [6.07, 6.45) is 5.22. The lowest BCUT2D eigenvalue weighted by atomic mass is 9.79. The highest BCUT2D eigenvalue weighted by Crippen LogP contribution is 2.51. The van der Waals surface area contributed by atoms with E-state index in [0.29, 0.717) is 5.92 Å². The van der Waals surface area contributed by atoms with Crippen molar-refractivity contribution >= 4 is 36.4 Å². The van der Waals surface area contributed by atoms with Crippen LogP contribution in [0.4, 0.5) is 5.69 Å². The van der Waals surface area contributed by atoms with Crippen LogP contribution >= 0.6 is 24.8 Å². The highest BCUT2D eigenvalue weighted by atomic mass is 35.5. The van der Waals surface area contributed by atoms with Crippen LogP contribution in [0, 0.1) is 11.8 Å². The molecule has 0 aromatic heterocycles. The maximum absolute atomic E-state index is 13.5. The Hall–Kier alpha value is -1.75. The summed E-state index contributed by atoms with van der Waals surface area (Å²) < 4.78 is 0. The molecule has 0 unspecified atom stereocenters. The van der Waals surface area contributed by atoms with Crippen molar-refractivity contribution in [2.24, 2.45) is 17.6 Å². The summed E-state index contributed by atoms with van der Waals surface area (Å²) in [6.45, 7) is 0.830. The fraction of sp³-hybridized carbons (Fsp3) is 0.458. The molecule has 1 aliphatic carbocycles. The van der Waals surface area contributed by atoms with Crippen molar-refractivity contribution < 1.29 is 4.79 Å². The van der Waals surface area contributed by atoms with Gasteiger partial charge in [-0.1, -0.05) is 61.4 Å². The summed E-state index contributed by atoms with van der Waals surface area (Å²) in [7, 11) is 0. The third kappa shape index (κ3) is 3.93. The Balaban J connectivity index is 0.00000128. The molecular formula is C24H31Cl2N3O. The van der Waals surface area contributed by atoms with Crippen LogP contribution in [0.1, 0.15) is 55.3 Å². The number of nitrogens with one attached hydrogen (secondary N) is 1. The highest BCUT2D eigenvalue weighted by Gasteiger charge is 2.47. The van der Waals surface area contributed by atoms with Gasteiger partial charge in [-0.3, -0.25) is 4.79 Å². The Morgan fingerprint density at radius 1 is 0.933 bits per heavy atom. The number of fused-ring (bicyclic) bond motifs is 3. The first-order chi connectivity index (χ1) is 13.7. The average molecular weight is 448 g/mol. The van der Waals surface area contributed by atoms with E-state index < -0.39 is 0 Å². The molecule has 6 heteroatoms. The normalized spacial score (nSPS) is 29.5. The molecule has 162 valence electrons. The predicted molar refractivity (Wildman–Crippen MR) is 126 cm³/mol. The van der Waals surface area contributed by atoms with E-state index in [1.165, 1.54) is 11.1 Å². The molecule has 2 aliphatic heterocycles. The molecule has 3 N–H and O–H groups in total. The summed E-state index contributed by atoms with van der Waals surface area (Å²) in [5, 5.41) is 3.77. The van der Waals surface area contributed by atoms with Crippen LogP contribution in [0.15, 0.2) is 54.6 Å². The maximum Gasteiger partial charge on any atom is 0.227 e. The molecule has 4 nitrogen and oxygen atoms in total. The third-order valence-electron chi connectivity index (χ3n) is 7.04. The van der Waals surface area contributed by atoms with Gasteiger partial charge in [0.15, 0.2) is 0 Å². The first-order valence-corrected chi connectivity index (χ1v) is 10.7. The first-order valence-electron chi connectivity index (χ1n) is 10.7. The van der Waals surface area contributed by atoms with Gasteiger partial charge in [0.2, 0.25) is 5.91 Å². The van der Waals surface area contributed by atoms with E-state index in [-0.39, 0.29) is 54.8 Å². The van der Waals surface area contributed by atoms with Crippen LogP contribution < -0.4 is 11.1 Å². The largest absolute Gasteiger partial charge is 0.378 e. The minimum absolute atomic E-state index is 0. The zero-order valence-electron chi connectivity index (χ0n) is 17.1. The minimum atomic E-state index is -0.00952. The van der Waals surface area contributed by atoms with Gasteiger partial charge in [-0.05, 0) is 36.5 Å². The quantitative estimate of drug-likeness (QED) is 0.672. The van der Waals surface area contributed by atoms with Gasteiger partial charge in [-0.2, -0.15) is 0 Å². The third-order valence-corrected chi connectivity index (χ3v) is 7.04. The van der Waals surface area contributed by atoms with Gasteiger partial charge in [0.1, 0.15) is 0 Å². The molecule has 2 aromatic carbocycles. The fourth-order valence-electron chi connectivity index (χ4n) is 5.64. The van der Waals surface area contributed by atoms with E-state index in [9.17, 15) is 4.79 Å². The average Bonchev–Trinajstić information content (AvgIpc) is 3.19. The molecule has 5 rings (SSSR count). The summed E-state index contributed by atoms with van der Waals surface area (Å²) in [5.41, 5.74) is 10.1. The SMILES string of the molecule is Cl.Cl.N[C@@H]1CCCC[C@@H]1C(=O)N1CC[C@@H]2[C@@H](c3ccccc3)Nc3ccccc3[C@H]21. The zero-order chi connectivity index (χ0) is 19.1. The lowest BCUT2D eigenvalue weighted by Gasteiger charge is -2.41. The number of para-hydroxylation sites is 1. The number of rotatable bonds is 2. The fourth-order valence-corrected chi connectivity index (χ4v) is 5.64. The molecule has 1 amide bonds. The molecular weight excluding hydrogens is 417 g/mol. The topological polar surface area (TPSA) is 58.4 Å². The standard InChI is InChI=1S/C24H29N3O.2ClH/c25-20-12-6-4-10-17(20)24(28)27-15-14-19-22(16-8-2-1-3-9-16)26-21-13-7-5-11-18(21)23(19)27;;/h1-3,5,7-9,11,13,17,19-20,22-23,26H,4,6,10,12,14-15,25H2;2*1H/t17-,19+,20+,22+,23+;;/m0../s1. The second kappa shape index (κ2) is 9.59. The van der Waals surface area contributed by atoms with Gasteiger partial charge in [0.25, 0.3) is 0 Å². The van der Waals surface area contributed by atoms with Crippen LogP contribution in [0.5, 0.6) is 0 Å². The Kier molecular flexibility index (Phi) is 7.33. The molecule has 0 radical (unpaired) electrons. The van der Waals surface area contributed by atoms with Crippen molar-refractivity contribution in [1.82, 2.24) is 4.90 Å². The monoisotopic (exact) mass is 447 g/mol. The molecule has 30 heavy (non-hydrogen) atoms. The number of nitrogens with two attached hydrogens (primary N) is 1. The zero-order valence-corrected chi connectivity index (χ0v) is 18.7. The van der Waals surface area contributed by atoms with E-state index in [2.05, 4.69) is 64.8 Å². The van der Waals surface area contributed by atoms with E-state index >= 15 is 0 Å². The number of hydrogen-bond acceptors (Lipinski definition) is 3. The van der Waals surface area contributed by atoms with Crippen LogP contribution in [0.25, 0.3) is 0 Å². The van der Waals surface area contributed by atoms with Gasteiger partial charge >= 0.3 is 0 Å². The first kappa shape index (κ1) is 22.9. The molecule has 1 saturated heterocycles. The smallest absolute Gasteiger partial charge is 0.227 e. The number of likely N-dealkylation sites (tertiary alicyclic amines) is 1. The Morgan fingerprint density at radius 2 is 1.63 bits per heavy atom. The van der Waals surface area contributed by atoms with Crippen LogP contribution in [0.2, 0.25) is 0 Å². The maximum atomic E-state index is 13.5. The summed E-state index contributed by atoms with van der Waals surface area (Å²) >= 11 is 0. The Morgan fingerprint density at radius 3 is 2.40 bits per heavy atom. The van der Waals surface area contributed by atoms with Crippen molar-refractivity contribution in [2.45, 2.75) is 50.2 Å². The van der Waals surface area contributed by atoms with Crippen molar-refractivity contribution in [1.29, 1.82) is 0 Å². The molecule has 0 bridgehead atoms. The van der Waals surface area contributed by atoms with Crippen LogP contribution in [0.3, 0.4) is 0 Å². The highest BCUT2D eigenvalue weighted by molar-refractivity contribution is 5.85. The summed E-state index contributed by atoms with van der Waals surface area (Å²) in [6, 6.07) is 19.6. The van der Waals surface area contributed by atoms with E-state index in [0.717, 1.165) is 44.3 Å². The Bertz CT molecular complexity index is 863. The van der Waals surface area contributed by atoms with Gasteiger partial charge in [-0.25, -0.2) is 0 Å². The number of amides is 1. The molecule has 2 fully saturated rings. The lowest BCUT2D eigenvalue weighted by molar-refractivity contribution is -0.138. The lowest BCUT2D eigenvalue weighted by Crippen LogP contribution is -2.46. The van der Waals surface area contributed by atoms with Crippen molar-refractivity contribution in [3.63, 3.8) is 0 Å². The Labute approximate surface area is 191 Å². The minimum Gasteiger partial charge on any atom is -0.378 e. The number of benzene rings is 2. The molecule has 3 aliphatic rings. The number of hydrogen-bond donors (Lipinski definition) is 2. The molecule has 2 heterocycles. The van der Waals surface area contributed by atoms with Crippen molar-refractivity contribution in [2.75, 3.05) is 11.9 Å². The van der Waals surface area contributed by atoms with E-state index in [4.69, 9.17) is 5.73 Å². The second-order valence-corrected chi connectivity index (χ2v) is 8.60. The van der Waals surface area contributed by atoms with Gasteiger partial charge in [0.05, 0.1) is 18.0 Å². The van der Waals surface area contributed by atoms with Crippen LogP contribution in [-0.4, -0.2) is 23.4 Å². The number of nitrogens with zero attached hydrogens (tertiary/aromatic N) is 1. The van der Waals surface area contributed by atoms with Crippen molar-refractivity contribution in [3.8, 4) is 0 Å². The number of anilines is 1. The number of carbonyl (C=O) groups is 1.